The zero-order chi connectivity index (χ0) is 16.9. The van der Waals surface area contributed by atoms with Crippen LogP contribution in [0.25, 0.3) is 0 Å². The number of unbranched alkanes of at least 4 members (excludes halogenated alkanes) is 1. The maximum atomic E-state index is 12.8. The summed E-state index contributed by atoms with van der Waals surface area (Å²) in [4.78, 5) is 31.5. The number of hydrogen-bond acceptors (Lipinski definition) is 4. The molecule has 1 saturated heterocycles. The summed E-state index contributed by atoms with van der Waals surface area (Å²) >= 11 is 0. The Hall–Kier alpha value is -1.89. The van der Waals surface area contributed by atoms with E-state index < -0.39 is 0 Å². The number of carbonyl (C=O) groups excluding carboxylic acids is 2. The van der Waals surface area contributed by atoms with Crippen LogP contribution in [-0.4, -0.2) is 59.1 Å². The lowest BCUT2D eigenvalue weighted by atomic mass is 10.1. The van der Waals surface area contributed by atoms with Crippen molar-refractivity contribution < 1.29 is 14.3 Å². The zero-order valence-electron chi connectivity index (χ0n) is 14.3. The number of imidazole rings is 1. The van der Waals surface area contributed by atoms with Gasteiger partial charge in [-0.1, -0.05) is 13.3 Å². The summed E-state index contributed by atoms with van der Waals surface area (Å²) in [6.07, 6.45) is 4.83. The van der Waals surface area contributed by atoms with Crippen molar-refractivity contribution in [2.45, 2.75) is 45.6 Å². The Kier molecular flexibility index (Phi) is 5.50. The first kappa shape index (κ1) is 17.0. The van der Waals surface area contributed by atoms with Crippen LogP contribution in [0.4, 0.5) is 0 Å². The van der Waals surface area contributed by atoms with E-state index in [4.69, 9.17) is 4.74 Å². The van der Waals surface area contributed by atoms with Gasteiger partial charge in [-0.05, 0) is 25.7 Å². The van der Waals surface area contributed by atoms with E-state index in [2.05, 4.69) is 17.2 Å². The van der Waals surface area contributed by atoms with Gasteiger partial charge in [0.05, 0.1) is 18.9 Å². The Morgan fingerprint density at radius 3 is 2.75 bits per heavy atom. The second-order valence-corrected chi connectivity index (χ2v) is 6.35. The summed E-state index contributed by atoms with van der Waals surface area (Å²) in [6.45, 7) is 5.78. The molecule has 2 aliphatic rings. The van der Waals surface area contributed by atoms with Gasteiger partial charge in [0.25, 0.3) is 11.8 Å². The summed E-state index contributed by atoms with van der Waals surface area (Å²) in [7, 11) is 0. The molecule has 0 atom stereocenters. The lowest BCUT2D eigenvalue weighted by Gasteiger charge is -2.27. The average Bonchev–Trinajstić information content (AvgIpc) is 3.02. The Bertz CT molecular complexity index is 605. The topological polar surface area (TPSA) is 76.5 Å². The van der Waals surface area contributed by atoms with Crippen molar-refractivity contribution >= 4 is 11.8 Å². The van der Waals surface area contributed by atoms with Gasteiger partial charge in [0.1, 0.15) is 5.69 Å². The first-order valence-electron chi connectivity index (χ1n) is 8.97. The second-order valence-electron chi connectivity index (χ2n) is 6.35. The number of morpholine rings is 1. The molecule has 132 valence electrons. The van der Waals surface area contributed by atoms with Crippen molar-refractivity contribution in [3.63, 3.8) is 0 Å². The molecule has 7 nitrogen and oxygen atoms in total. The molecule has 24 heavy (non-hydrogen) atoms. The van der Waals surface area contributed by atoms with Gasteiger partial charge in [0.15, 0.2) is 5.82 Å². The van der Waals surface area contributed by atoms with Crippen molar-refractivity contribution in [3.8, 4) is 0 Å². The highest BCUT2D eigenvalue weighted by Crippen LogP contribution is 2.22. The fourth-order valence-corrected chi connectivity index (χ4v) is 3.26. The third kappa shape index (κ3) is 3.45. The molecule has 2 aliphatic heterocycles. The molecular weight excluding hydrogens is 308 g/mol. The van der Waals surface area contributed by atoms with Gasteiger partial charge in [0, 0.05) is 26.2 Å². The monoisotopic (exact) mass is 334 g/mol. The van der Waals surface area contributed by atoms with Crippen LogP contribution >= 0.6 is 0 Å². The van der Waals surface area contributed by atoms with Gasteiger partial charge in [-0.15, -0.1) is 0 Å². The minimum atomic E-state index is -0.157. The predicted octanol–water partition coefficient (Wildman–Crippen LogP) is 1.22. The van der Waals surface area contributed by atoms with E-state index in [0.29, 0.717) is 44.4 Å². The van der Waals surface area contributed by atoms with Crippen molar-refractivity contribution in [1.82, 2.24) is 19.8 Å². The Morgan fingerprint density at radius 1 is 1.21 bits per heavy atom. The largest absolute Gasteiger partial charge is 0.378 e. The number of fused-ring (bicyclic) bond motifs is 1. The lowest BCUT2D eigenvalue weighted by molar-refractivity contribution is 0.0291. The molecule has 3 heterocycles. The number of ether oxygens (including phenoxy) is 1. The van der Waals surface area contributed by atoms with Crippen LogP contribution in [0.5, 0.6) is 0 Å². The van der Waals surface area contributed by atoms with E-state index in [-0.39, 0.29) is 11.8 Å². The highest BCUT2D eigenvalue weighted by molar-refractivity contribution is 5.97. The Labute approximate surface area is 142 Å². The van der Waals surface area contributed by atoms with Crippen LogP contribution in [0.15, 0.2) is 0 Å². The SMILES string of the molecule is CCCCNC(=O)c1nc(C(=O)N2CCOCC2)n2c1CCCC2. The van der Waals surface area contributed by atoms with Crippen molar-refractivity contribution in [2.24, 2.45) is 0 Å². The van der Waals surface area contributed by atoms with Crippen LogP contribution in [0.3, 0.4) is 0 Å². The van der Waals surface area contributed by atoms with Crippen molar-refractivity contribution in [3.05, 3.63) is 17.2 Å². The van der Waals surface area contributed by atoms with Crippen LogP contribution in [-0.2, 0) is 17.7 Å². The van der Waals surface area contributed by atoms with E-state index >= 15 is 0 Å². The van der Waals surface area contributed by atoms with Gasteiger partial charge in [-0.3, -0.25) is 9.59 Å². The minimum Gasteiger partial charge on any atom is -0.378 e. The summed E-state index contributed by atoms with van der Waals surface area (Å²) in [6, 6.07) is 0. The summed E-state index contributed by atoms with van der Waals surface area (Å²) in [5.41, 5.74) is 1.34. The van der Waals surface area contributed by atoms with Gasteiger partial charge in [-0.25, -0.2) is 4.98 Å². The molecule has 0 aliphatic carbocycles. The number of carbonyl (C=O) groups is 2. The molecule has 7 heteroatoms. The number of aromatic nitrogens is 2. The molecule has 0 saturated carbocycles. The molecule has 1 N–H and O–H groups in total. The van der Waals surface area contributed by atoms with Gasteiger partial charge in [0.2, 0.25) is 0 Å². The molecule has 1 aromatic rings. The van der Waals surface area contributed by atoms with E-state index in [0.717, 1.165) is 44.3 Å². The standard InChI is InChI=1S/C17H26N4O3/c1-2-3-7-18-16(22)14-13-6-4-5-8-21(13)15(19-14)17(23)20-9-11-24-12-10-20/h2-12H2,1H3,(H,18,22). The molecule has 2 amide bonds. The zero-order valence-corrected chi connectivity index (χ0v) is 14.3. The first-order valence-corrected chi connectivity index (χ1v) is 8.97. The third-order valence-electron chi connectivity index (χ3n) is 4.64. The van der Waals surface area contributed by atoms with Crippen molar-refractivity contribution in [2.75, 3.05) is 32.8 Å². The van der Waals surface area contributed by atoms with Crippen LogP contribution in [0.2, 0.25) is 0 Å². The normalized spacial score (nSPS) is 17.5. The molecule has 3 rings (SSSR count). The summed E-state index contributed by atoms with van der Waals surface area (Å²) < 4.78 is 7.27. The molecular formula is C17H26N4O3. The average molecular weight is 334 g/mol. The van der Waals surface area contributed by atoms with E-state index in [1.165, 1.54) is 0 Å². The molecule has 1 aromatic heterocycles. The van der Waals surface area contributed by atoms with Crippen LogP contribution in [0, 0.1) is 0 Å². The molecule has 0 radical (unpaired) electrons. The van der Waals surface area contributed by atoms with Crippen LogP contribution < -0.4 is 5.32 Å². The van der Waals surface area contributed by atoms with Gasteiger partial charge < -0.3 is 19.5 Å². The highest BCUT2D eigenvalue weighted by Gasteiger charge is 2.30. The lowest BCUT2D eigenvalue weighted by Crippen LogP contribution is -2.42. The molecule has 0 unspecified atom stereocenters. The third-order valence-corrected chi connectivity index (χ3v) is 4.64. The molecule has 1 fully saturated rings. The van der Waals surface area contributed by atoms with Gasteiger partial charge in [-0.2, -0.15) is 0 Å². The Balaban J connectivity index is 1.84. The van der Waals surface area contributed by atoms with E-state index in [1.807, 2.05) is 4.57 Å². The maximum absolute atomic E-state index is 12.8. The Morgan fingerprint density at radius 2 is 2.00 bits per heavy atom. The summed E-state index contributed by atoms with van der Waals surface area (Å²) in [5.74, 6) is 0.163. The number of hydrogen-bond donors (Lipinski definition) is 1. The summed E-state index contributed by atoms with van der Waals surface area (Å²) in [5, 5.41) is 2.92. The fourth-order valence-electron chi connectivity index (χ4n) is 3.26. The number of amides is 2. The quantitative estimate of drug-likeness (QED) is 0.822. The maximum Gasteiger partial charge on any atom is 0.290 e. The predicted molar refractivity (Wildman–Crippen MR) is 89.1 cm³/mol. The van der Waals surface area contributed by atoms with Crippen LogP contribution in [0.1, 0.15) is 59.4 Å². The minimum absolute atomic E-state index is 0.0888. The molecule has 0 bridgehead atoms. The van der Waals surface area contributed by atoms with E-state index in [1.54, 1.807) is 4.90 Å². The van der Waals surface area contributed by atoms with E-state index in [9.17, 15) is 9.59 Å². The second kappa shape index (κ2) is 7.79. The fraction of sp³-hybridized carbons (Fsp3) is 0.706. The number of nitrogens with zero attached hydrogens (tertiary/aromatic N) is 3. The highest BCUT2D eigenvalue weighted by atomic mass is 16.5. The first-order chi connectivity index (χ1) is 11.7. The smallest absolute Gasteiger partial charge is 0.290 e. The number of rotatable bonds is 5. The molecule has 0 spiro atoms. The molecule has 0 aromatic carbocycles. The van der Waals surface area contributed by atoms with Crippen molar-refractivity contribution in [1.29, 1.82) is 0 Å². The number of nitrogens with one attached hydrogen (secondary N) is 1. The van der Waals surface area contributed by atoms with Gasteiger partial charge >= 0.3 is 0 Å².